The van der Waals surface area contributed by atoms with Gasteiger partial charge in [0.05, 0.1) is 17.8 Å². The number of ether oxygens (including phenoxy) is 2. The minimum absolute atomic E-state index is 0.224. The van der Waals surface area contributed by atoms with Crippen LogP contribution in [0, 0.1) is 19.7 Å². The fourth-order valence-electron chi connectivity index (χ4n) is 3.46. The fourth-order valence-corrected chi connectivity index (χ4v) is 3.46. The normalized spacial score (nSPS) is 15.3. The molecule has 0 radical (unpaired) electrons. The standard InChI is InChI=1S/C22H21FN2O3/c1-14-11-17(15(2)25(14)19-8-4-3-7-18(19)23)22(26)24-12-16-13-27-20-9-5-6-10-21(20)28-16/h3-11,16H,12-13H2,1-2H3,(H,24,26)/t16-/m0/s1. The lowest BCUT2D eigenvalue weighted by molar-refractivity contribution is 0.0789. The topological polar surface area (TPSA) is 52.5 Å². The molecule has 5 nitrogen and oxygen atoms in total. The number of benzene rings is 2. The number of fused-ring (bicyclic) bond motifs is 1. The summed E-state index contributed by atoms with van der Waals surface area (Å²) >= 11 is 0. The monoisotopic (exact) mass is 380 g/mol. The van der Waals surface area contributed by atoms with Crippen molar-refractivity contribution >= 4 is 5.91 Å². The van der Waals surface area contributed by atoms with E-state index in [-0.39, 0.29) is 17.8 Å². The van der Waals surface area contributed by atoms with Gasteiger partial charge in [-0.1, -0.05) is 24.3 Å². The molecule has 2 aromatic carbocycles. The molecule has 0 bridgehead atoms. The second kappa shape index (κ2) is 7.38. The number of hydrogen-bond donors (Lipinski definition) is 1. The van der Waals surface area contributed by atoms with Gasteiger partial charge in [-0.15, -0.1) is 0 Å². The lowest BCUT2D eigenvalue weighted by Crippen LogP contribution is -2.40. The first-order valence-corrected chi connectivity index (χ1v) is 9.15. The van der Waals surface area contributed by atoms with Crippen molar-refractivity contribution in [3.63, 3.8) is 0 Å². The molecule has 0 unspecified atom stereocenters. The van der Waals surface area contributed by atoms with Crippen LogP contribution in [0.15, 0.2) is 54.6 Å². The molecule has 0 saturated heterocycles. The van der Waals surface area contributed by atoms with Crippen molar-refractivity contribution in [1.82, 2.24) is 9.88 Å². The summed E-state index contributed by atoms with van der Waals surface area (Å²) in [4.78, 5) is 12.7. The average Bonchev–Trinajstić information content (AvgIpc) is 3.00. The second-order valence-electron chi connectivity index (χ2n) is 6.78. The number of rotatable bonds is 4. The molecule has 1 aromatic heterocycles. The van der Waals surface area contributed by atoms with Gasteiger partial charge in [-0.05, 0) is 44.2 Å². The maximum Gasteiger partial charge on any atom is 0.253 e. The molecule has 1 aliphatic rings. The smallest absolute Gasteiger partial charge is 0.253 e. The highest BCUT2D eigenvalue weighted by Crippen LogP contribution is 2.30. The van der Waals surface area contributed by atoms with Crippen molar-refractivity contribution in [1.29, 1.82) is 0 Å². The summed E-state index contributed by atoms with van der Waals surface area (Å²) in [6.07, 6.45) is -0.270. The largest absolute Gasteiger partial charge is 0.486 e. The van der Waals surface area contributed by atoms with Crippen LogP contribution in [-0.2, 0) is 0 Å². The summed E-state index contributed by atoms with van der Waals surface area (Å²) in [7, 11) is 0. The number of aryl methyl sites for hydroxylation is 1. The van der Waals surface area contributed by atoms with E-state index in [1.54, 1.807) is 28.8 Å². The Kier molecular flexibility index (Phi) is 4.77. The van der Waals surface area contributed by atoms with E-state index in [1.165, 1.54) is 6.07 Å². The van der Waals surface area contributed by atoms with E-state index in [0.717, 1.165) is 5.69 Å². The first-order chi connectivity index (χ1) is 13.5. The highest BCUT2D eigenvalue weighted by atomic mass is 19.1. The molecular formula is C22H21FN2O3. The Hall–Kier alpha value is -3.28. The van der Waals surface area contributed by atoms with E-state index in [4.69, 9.17) is 9.47 Å². The van der Waals surface area contributed by atoms with Crippen molar-refractivity contribution in [3.8, 4) is 17.2 Å². The minimum atomic E-state index is -0.331. The number of para-hydroxylation sites is 3. The highest BCUT2D eigenvalue weighted by molar-refractivity contribution is 5.96. The maximum absolute atomic E-state index is 14.2. The Morgan fingerprint density at radius 3 is 2.64 bits per heavy atom. The third kappa shape index (κ3) is 3.33. The van der Waals surface area contributed by atoms with Crippen LogP contribution in [0.5, 0.6) is 11.5 Å². The Morgan fingerprint density at radius 1 is 1.14 bits per heavy atom. The van der Waals surface area contributed by atoms with Crippen LogP contribution in [0.25, 0.3) is 5.69 Å². The molecule has 3 aromatic rings. The van der Waals surface area contributed by atoms with Crippen LogP contribution in [0.3, 0.4) is 0 Å². The van der Waals surface area contributed by atoms with Gasteiger partial charge in [0.2, 0.25) is 0 Å². The molecule has 1 atom stereocenters. The van der Waals surface area contributed by atoms with Gasteiger partial charge in [-0.3, -0.25) is 4.79 Å². The molecule has 2 heterocycles. The molecule has 144 valence electrons. The van der Waals surface area contributed by atoms with Gasteiger partial charge in [0, 0.05) is 11.4 Å². The van der Waals surface area contributed by atoms with Crippen LogP contribution in [-0.4, -0.2) is 29.7 Å². The summed E-state index contributed by atoms with van der Waals surface area (Å²) < 4.78 is 27.5. The Morgan fingerprint density at radius 2 is 1.86 bits per heavy atom. The number of carbonyl (C=O) groups excluding carboxylic acids is 1. The molecule has 6 heteroatoms. The molecule has 1 N–H and O–H groups in total. The zero-order valence-electron chi connectivity index (χ0n) is 15.7. The van der Waals surface area contributed by atoms with Crippen LogP contribution in [0.1, 0.15) is 21.7 Å². The number of carbonyl (C=O) groups is 1. The molecular weight excluding hydrogens is 359 g/mol. The number of amides is 1. The molecule has 1 amide bonds. The molecule has 0 aliphatic carbocycles. The lowest BCUT2D eigenvalue weighted by atomic mass is 10.2. The number of nitrogens with zero attached hydrogens (tertiary/aromatic N) is 1. The number of halogens is 1. The molecule has 4 rings (SSSR count). The third-order valence-electron chi connectivity index (χ3n) is 4.83. The van der Waals surface area contributed by atoms with Gasteiger partial charge in [-0.2, -0.15) is 0 Å². The van der Waals surface area contributed by atoms with Crippen LogP contribution in [0.2, 0.25) is 0 Å². The van der Waals surface area contributed by atoms with Crippen molar-refractivity contribution in [2.75, 3.05) is 13.2 Å². The van der Waals surface area contributed by atoms with E-state index in [0.29, 0.717) is 41.6 Å². The zero-order valence-corrected chi connectivity index (χ0v) is 15.7. The molecule has 0 saturated carbocycles. The van der Waals surface area contributed by atoms with E-state index in [2.05, 4.69) is 5.32 Å². The summed E-state index contributed by atoms with van der Waals surface area (Å²) in [5.74, 6) is 0.824. The molecule has 1 aliphatic heterocycles. The first-order valence-electron chi connectivity index (χ1n) is 9.15. The van der Waals surface area contributed by atoms with E-state index in [9.17, 15) is 9.18 Å². The summed E-state index contributed by atoms with van der Waals surface area (Å²) in [6, 6.07) is 15.7. The molecule has 0 fully saturated rings. The van der Waals surface area contributed by atoms with Crippen molar-refractivity contribution in [2.24, 2.45) is 0 Å². The van der Waals surface area contributed by atoms with Crippen LogP contribution >= 0.6 is 0 Å². The average molecular weight is 380 g/mol. The van der Waals surface area contributed by atoms with Crippen molar-refractivity contribution in [2.45, 2.75) is 20.0 Å². The lowest BCUT2D eigenvalue weighted by Gasteiger charge is -2.26. The summed E-state index contributed by atoms with van der Waals surface area (Å²) in [5, 5.41) is 2.90. The van der Waals surface area contributed by atoms with E-state index >= 15 is 0 Å². The van der Waals surface area contributed by atoms with Gasteiger partial charge in [0.1, 0.15) is 18.5 Å². The van der Waals surface area contributed by atoms with Gasteiger partial charge in [0.25, 0.3) is 5.91 Å². The second-order valence-corrected chi connectivity index (χ2v) is 6.78. The number of nitrogens with one attached hydrogen (secondary N) is 1. The van der Waals surface area contributed by atoms with Gasteiger partial charge in [-0.25, -0.2) is 4.39 Å². The van der Waals surface area contributed by atoms with Crippen molar-refractivity contribution in [3.05, 3.63) is 77.4 Å². The molecule has 28 heavy (non-hydrogen) atoms. The SMILES string of the molecule is Cc1cc(C(=O)NC[C@H]2COc3ccccc3O2)c(C)n1-c1ccccc1F. The van der Waals surface area contributed by atoms with Crippen LogP contribution < -0.4 is 14.8 Å². The van der Waals surface area contributed by atoms with Gasteiger partial charge in [0.15, 0.2) is 11.5 Å². The van der Waals surface area contributed by atoms with Crippen molar-refractivity contribution < 1.29 is 18.7 Å². The fraction of sp³-hybridized carbons (Fsp3) is 0.227. The number of aromatic nitrogens is 1. The Labute approximate surface area is 162 Å². The Bertz CT molecular complexity index is 1030. The third-order valence-corrected chi connectivity index (χ3v) is 4.83. The highest BCUT2D eigenvalue weighted by Gasteiger charge is 2.23. The van der Waals surface area contributed by atoms with Gasteiger partial charge >= 0.3 is 0 Å². The van der Waals surface area contributed by atoms with Crippen LogP contribution in [0.4, 0.5) is 4.39 Å². The van der Waals surface area contributed by atoms with Gasteiger partial charge < -0.3 is 19.4 Å². The first kappa shape index (κ1) is 18.1. The quantitative estimate of drug-likeness (QED) is 0.749. The molecule has 0 spiro atoms. The summed E-state index contributed by atoms with van der Waals surface area (Å²) in [6.45, 7) is 4.35. The minimum Gasteiger partial charge on any atom is -0.486 e. The maximum atomic E-state index is 14.2. The Balaban J connectivity index is 1.48. The predicted octanol–water partition coefficient (Wildman–Crippen LogP) is 3.80. The van der Waals surface area contributed by atoms with E-state index in [1.807, 2.05) is 38.1 Å². The zero-order chi connectivity index (χ0) is 19.7. The summed E-state index contributed by atoms with van der Waals surface area (Å²) in [5.41, 5.74) is 2.42. The number of hydrogen-bond acceptors (Lipinski definition) is 3. The predicted molar refractivity (Wildman–Crippen MR) is 104 cm³/mol. The van der Waals surface area contributed by atoms with E-state index < -0.39 is 0 Å².